The summed E-state index contributed by atoms with van der Waals surface area (Å²) in [6, 6.07) is 23.9. The Bertz CT molecular complexity index is 1410. The zero-order valence-corrected chi connectivity index (χ0v) is 24.8. The highest BCUT2D eigenvalue weighted by Crippen LogP contribution is 2.42. The maximum absolute atomic E-state index is 13.2. The number of carbonyl (C=O) groups excluding carboxylic acids is 2. The first-order chi connectivity index (χ1) is 20.0. The van der Waals surface area contributed by atoms with Gasteiger partial charge in [-0.05, 0) is 122 Å². The number of benzene rings is 3. The van der Waals surface area contributed by atoms with Crippen LogP contribution in [0.25, 0.3) is 0 Å². The summed E-state index contributed by atoms with van der Waals surface area (Å²) in [6.07, 6.45) is 16.1. The predicted octanol–water partition coefficient (Wildman–Crippen LogP) is 9.59. The molecule has 0 radical (unpaired) electrons. The van der Waals surface area contributed by atoms with E-state index in [2.05, 4.69) is 74.5 Å². The molecule has 2 aliphatic rings. The molecule has 1 fully saturated rings. The molecule has 0 aromatic heterocycles. The topological polar surface area (TPSA) is 34.1 Å². The largest absolute Gasteiger partial charge is 0.294 e. The second-order valence-electron chi connectivity index (χ2n) is 12.0. The number of hydrogen-bond donors (Lipinski definition) is 0. The minimum atomic E-state index is 0.184. The number of rotatable bonds is 12. The summed E-state index contributed by atoms with van der Waals surface area (Å²) in [4.78, 5) is 26.4. The number of aryl methyl sites for hydroxylation is 3. The zero-order chi connectivity index (χ0) is 28.6. The van der Waals surface area contributed by atoms with Crippen molar-refractivity contribution in [2.75, 3.05) is 0 Å². The Balaban J connectivity index is 1.25. The van der Waals surface area contributed by atoms with E-state index < -0.39 is 0 Å². The van der Waals surface area contributed by atoms with E-state index in [0.717, 1.165) is 61.6 Å². The molecule has 5 rings (SSSR count). The molecule has 0 aliphatic heterocycles. The summed E-state index contributed by atoms with van der Waals surface area (Å²) >= 11 is 0. The molecule has 0 unspecified atom stereocenters. The van der Waals surface area contributed by atoms with Crippen LogP contribution in [0.3, 0.4) is 0 Å². The lowest BCUT2D eigenvalue weighted by Crippen LogP contribution is -2.16. The summed E-state index contributed by atoms with van der Waals surface area (Å²) < 4.78 is 0. The van der Waals surface area contributed by atoms with Gasteiger partial charge in [0.25, 0.3) is 0 Å². The molecule has 2 heteroatoms. The maximum atomic E-state index is 13.2. The minimum Gasteiger partial charge on any atom is -0.294 e. The second kappa shape index (κ2) is 13.9. The zero-order valence-electron chi connectivity index (χ0n) is 24.8. The second-order valence-corrected chi connectivity index (χ2v) is 12.0. The Hall–Kier alpha value is -3.52. The van der Waals surface area contributed by atoms with Crippen molar-refractivity contribution in [2.24, 2.45) is 0 Å². The minimum absolute atomic E-state index is 0.184. The highest BCUT2D eigenvalue weighted by atomic mass is 16.1. The van der Waals surface area contributed by atoms with Gasteiger partial charge >= 0.3 is 0 Å². The molecule has 3 aromatic rings. The van der Waals surface area contributed by atoms with Crippen LogP contribution in [-0.4, -0.2) is 11.6 Å². The van der Waals surface area contributed by atoms with Crippen molar-refractivity contribution in [1.82, 2.24) is 0 Å². The number of Topliss-reactive ketones (excluding diaryl/α,β-unsaturated/α-hetero) is 2. The van der Waals surface area contributed by atoms with Crippen molar-refractivity contribution in [2.45, 2.75) is 96.3 Å². The third-order valence-electron chi connectivity index (χ3n) is 9.29. The summed E-state index contributed by atoms with van der Waals surface area (Å²) in [6.45, 7) is 4.39. The van der Waals surface area contributed by atoms with Gasteiger partial charge in [-0.2, -0.15) is 0 Å². The fraction of sp³-hybridized carbons (Fsp3) is 0.385. The lowest BCUT2D eigenvalue weighted by Gasteiger charge is -2.31. The van der Waals surface area contributed by atoms with Gasteiger partial charge in [0.05, 0.1) is 0 Å². The third-order valence-corrected chi connectivity index (χ3v) is 9.29. The van der Waals surface area contributed by atoms with E-state index in [9.17, 15) is 9.59 Å². The lowest BCUT2D eigenvalue weighted by molar-refractivity contribution is -0.115. The average Bonchev–Trinajstić information content (AvgIpc) is 3.56. The quantitative estimate of drug-likeness (QED) is 0.168. The van der Waals surface area contributed by atoms with Crippen LogP contribution >= 0.6 is 0 Å². The van der Waals surface area contributed by atoms with Crippen LogP contribution in [0, 0.1) is 6.92 Å². The van der Waals surface area contributed by atoms with E-state index >= 15 is 0 Å². The van der Waals surface area contributed by atoms with E-state index in [4.69, 9.17) is 0 Å². The van der Waals surface area contributed by atoms with Gasteiger partial charge < -0.3 is 0 Å². The summed E-state index contributed by atoms with van der Waals surface area (Å²) in [7, 11) is 0. The van der Waals surface area contributed by atoms with Crippen LogP contribution < -0.4 is 0 Å². The fourth-order valence-electron chi connectivity index (χ4n) is 6.73. The van der Waals surface area contributed by atoms with Crippen molar-refractivity contribution in [3.05, 3.63) is 129 Å². The molecular formula is C39H44O2. The third kappa shape index (κ3) is 7.41. The van der Waals surface area contributed by atoms with Gasteiger partial charge in [0.2, 0.25) is 0 Å². The Kier molecular flexibility index (Phi) is 9.83. The van der Waals surface area contributed by atoms with Crippen LogP contribution in [-0.2, 0) is 24.1 Å². The summed E-state index contributed by atoms with van der Waals surface area (Å²) in [5.41, 5.74) is 9.55. The first-order valence-corrected chi connectivity index (χ1v) is 15.7. The smallest absolute Gasteiger partial charge is 0.163 e. The van der Waals surface area contributed by atoms with E-state index in [1.165, 1.54) is 40.7 Å². The number of ketones is 2. The molecule has 0 bridgehead atoms. The molecule has 0 saturated heterocycles. The van der Waals surface area contributed by atoms with Crippen molar-refractivity contribution < 1.29 is 9.59 Å². The van der Waals surface area contributed by atoms with Crippen LogP contribution in [0.2, 0.25) is 0 Å². The molecule has 2 nitrogen and oxygen atoms in total. The average molecular weight is 545 g/mol. The van der Waals surface area contributed by atoms with Gasteiger partial charge in [-0.15, -0.1) is 0 Å². The van der Waals surface area contributed by atoms with Crippen LogP contribution in [0.15, 0.2) is 90.5 Å². The Morgan fingerprint density at radius 1 is 0.780 bits per heavy atom. The van der Waals surface area contributed by atoms with Gasteiger partial charge in [0.1, 0.15) is 0 Å². The van der Waals surface area contributed by atoms with E-state index in [1.54, 1.807) is 0 Å². The number of carbonyl (C=O) groups is 2. The normalized spacial score (nSPS) is 18.3. The molecule has 41 heavy (non-hydrogen) atoms. The molecule has 2 aliphatic carbocycles. The molecule has 212 valence electrons. The molecule has 0 heterocycles. The molecular weight excluding hydrogens is 500 g/mol. The fourth-order valence-corrected chi connectivity index (χ4v) is 6.73. The molecule has 0 spiro atoms. The first-order valence-electron chi connectivity index (χ1n) is 15.7. The molecule has 0 amide bonds. The lowest BCUT2D eigenvalue weighted by atomic mass is 9.74. The highest BCUT2D eigenvalue weighted by molar-refractivity contribution is 5.99. The predicted molar refractivity (Wildman–Crippen MR) is 170 cm³/mol. The molecule has 0 atom stereocenters. The highest BCUT2D eigenvalue weighted by Gasteiger charge is 2.27. The number of hydrogen-bond acceptors (Lipinski definition) is 2. The van der Waals surface area contributed by atoms with Gasteiger partial charge in [-0.3, -0.25) is 9.59 Å². The number of unbranched alkanes of at least 4 members (excludes halogenated alkanes) is 1. The van der Waals surface area contributed by atoms with Crippen LogP contribution in [0.4, 0.5) is 0 Å². The first kappa shape index (κ1) is 29.0. The van der Waals surface area contributed by atoms with Crippen molar-refractivity contribution in [3.8, 4) is 0 Å². The SMILES string of the molecule is CCc1ccc(CCCCC(=O)c2ccc(C3CCC(c4ccccc4C)CC3)c(CC(=O)C3=CC=CC3)c2)cc1. The van der Waals surface area contributed by atoms with Crippen LogP contribution in [0.5, 0.6) is 0 Å². The molecule has 1 saturated carbocycles. The van der Waals surface area contributed by atoms with Gasteiger partial charge in [-0.25, -0.2) is 0 Å². The summed E-state index contributed by atoms with van der Waals surface area (Å²) in [5, 5.41) is 0. The monoisotopic (exact) mass is 544 g/mol. The summed E-state index contributed by atoms with van der Waals surface area (Å²) in [5.74, 6) is 1.43. The standard InChI is InChI=1S/C39H44O2/c1-3-29-16-18-30(19-17-29)11-5-9-15-38(40)34-24-25-37(35(26-34)27-39(41)33-12-6-7-13-33)32-22-20-31(21-23-32)36-14-8-4-10-28(36)2/h4,6-8,10,12,14,16-19,24-26,31-32H,3,5,9,11,13,15,20-23,27H2,1-2H3. The van der Waals surface area contributed by atoms with Crippen molar-refractivity contribution >= 4 is 11.6 Å². The van der Waals surface area contributed by atoms with E-state index in [0.29, 0.717) is 24.7 Å². The Morgan fingerprint density at radius 3 is 2.17 bits per heavy atom. The van der Waals surface area contributed by atoms with E-state index in [-0.39, 0.29) is 11.6 Å². The van der Waals surface area contributed by atoms with Crippen molar-refractivity contribution in [1.29, 1.82) is 0 Å². The van der Waals surface area contributed by atoms with Gasteiger partial charge in [0, 0.05) is 18.4 Å². The molecule has 0 N–H and O–H groups in total. The van der Waals surface area contributed by atoms with Crippen LogP contribution in [0.1, 0.15) is 114 Å². The number of allylic oxidation sites excluding steroid dienone is 4. The molecule has 3 aromatic carbocycles. The Labute approximate surface area is 246 Å². The maximum Gasteiger partial charge on any atom is 0.163 e. The Morgan fingerprint density at radius 2 is 1.49 bits per heavy atom. The van der Waals surface area contributed by atoms with Gasteiger partial charge in [0.15, 0.2) is 11.6 Å². The van der Waals surface area contributed by atoms with Gasteiger partial charge in [-0.1, -0.05) is 85.8 Å². The van der Waals surface area contributed by atoms with E-state index in [1.807, 2.05) is 24.3 Å². The van der Waals surface area contributed by atoms with Crippen molar-refractivity contribution in [3.63, 3.8) is 0 Å².